The van der Waals surface area contributed by atoms with Crippen molar-refractivity contribution in [1.82, 2.24) is 0 Å². The molecule has 4 N–H and O–H groups in total. The number of halogens is 1. The van der Waals surface area contributed by atoms with E-state index < -0.39 is 11.7 Å². The first-order valence-electron chi connectivity index (χ1n) is 5.15. The van der Waals surface area contributed by atoms with Crippen LogP contribution in [-0.2, 0) is 9.53 Å². The van der Waals surface area contributed by atoms with Gasteiger partial charge in [0.25, 0.3) is 0 Å². The number of ether oxygens (including phenoxy) is 1. The summed E-state index contributed by atoms with van der Waals surface area (Å²) in [5.41, 5.74) is 5.35. The van der Waals surface area contributed by atoms with Crippen LogP contribution in [0.4, 0.5) is 10.1 Å². The standard InChI is InChI=1S/C11H14FN3O3/c1-18-6-5-9(16)14-8-4-2-3-7(12)10(8)11(13)15-17/h2-4,17H,5-6H2,1H3,(H2,13,15)(H,14,16). The summed E-state index contributed by atoms with van der Waals surface area (Å²) in [6, 6.07) is 4.02. The van der Waals surface area contributed by atoms with Gasteiger partial charge >= 0.3 is 0 Å². The Hall–Kier alpha value is -2.15. The molecule has 0 atom stereocenters. The predicted molar refractivity (Wildman–Crippen MR) is 64.0 cm³/mol. The fourth-order valence-corrected chi connectivity index (χ4v) is 1.35. The fraction of sp³-hybridized carbons (Fsp3) is 0.273. The summed E-state index contributed by atoms with van der Waals surface area (Å²) in [6.07, 6.45) is 0.128. The molecule has 0 radical (unpaired) electrons. The smallest absolute Gasteiger partial charge is 0.226 e. The zero-order chi connectivity index (χ0) is 13.5. The van der Waals surface area contributed by atoms with E-state index in [2.05, 4.69) is 10.5 Å². The Balaban J connectivity index is 2.95. The van der Waals surface area contributed by atoms with Crippen LogP contribution in [0.3, 0.4) is 0 Å². The highest BCUT2D eigenvalue weighted by Crippen LogP contribution is 2.18. The van der Waals surface area contributed by atoms with E-state index in [1.54, 1.807) is 0 Å². The van der Waals surface area contributed by atoms with Crippen molar-refractivity contribution in [2.75, 3.05) is 19.0 Å². The SMILES string of the molecule is COCCC(=O)Nc1cccc(F)c1C(N)=NO. The first kappa shape index (κ1) is 13.9. The molecular weight excluding hydrogens is 241 g/mol. The second-order valence-corrected chi connectivity index (χ2v) is 3.44. The van der Waals surface area contributed by atoms with Crippen LogP contribution in [0.15, 0.2) is 23.4 Å². The van der Waals surface area contributed by atoms with E-state index in [1.807, 2.05) is 0 Å². The van der Waals surface area contributed by atoms with E-state index in [1.165, 1.54) is 19.2 Å². The van der Waals surface area contributed by atoms with E-state index >= 15 is 0 Å². The molecule has 1 amide bonds. The normalized spacial score (nSPS) is 11.3. The van der Waals surface area contributed by atoms with Gasteiger partial charge in [-0.2, -0.15) is 0 Å². The van der Waals surface area contributed by atoms with E-state index in [-0.39, 0.29) is 30.2 Å². The lowest BCUT2D eigenvalue weighted by atomic mass is 10.1. The summed E-state index contributed by atoms with van der Waals surface area (Å²) in [4.78, 5) is 11.5. The molecule has 98 valence electrons. The maximum atomic E-state index is 13.5. The van der Waals surface area contributed by atoms with Crippen LogP contribution in [0, 0.1) is 5.82 Å². The number of methoxy groups -OCH3 is 1. The Labute approximate surface area is 103 Å². The molecule has 0 saturated heterocycles. The summed E-state index contributed by atoms with van der Waals surface area (Å²) in [5, 5.41) is 13.8. The Bertz CT molecular complexity index is 463. The van der Waals surface area contributed by atoms with Gasteiger partial charge in [-0.3, -0.25) is 4.79 Å². The van der Waals surface area contributed by atoms with E-state index in [4.69, 9.17) is 15.7 Å². The molecule has 0 fully saturated rings. The number of anilines is 1. The summed E-state index contributed by atoms with van der Waals surface area (Å²) in [5.74, 6) is -1.44. The molecule has 0 saturated carbocycles. The molecule has 0 heterocycles. The molecule has 0 aliphatic rings. The van der Waals surface area contributed by atoms with Gasteiger partial charge in [-0.15, -0.1) is 0 Å². The lowest BCUT2D eigenvalue weighted by Crippen LogP contribution is -2.21. The number of amidine groups is 1. The highest BCUT2D eigenvalue weighted by Gasteiger charge is 2.14. The molecule has 0 spiro atoms. The van der Waals surface area contributed by atoms with Crippen molar-refractivity contribution < 1.29 is 19.1 Å². The number of carbonyl (C=O) groups is 1. The minimum Gasteiger partial charge on any atom is -0.409 e. The number of nitrogens with one attached hydrogen (secondary N) is 1. The zero-order valence-corrected chi connectivity index (χ0v) is 9.81. The number of carbonyl (C=O) groups excluding carboxylic acids is 1. The molecule has 1 rings (SSSR count). The van der Waals surface area contributed by atoms with Crippen molar-refractivity contribution in [2.24, 2.45) is 10.9 Å². The maximum Gasteiger partial charge on any atom is 0.226 e. The fourth-order valence-electron chi connectivity index (χ4n) is 1.35. The minimum absolute atomic E-state index is 0.128. The van der Waals surface area contributed by atoms with Crippen LogP contribution < -0.4 is 11.1 Å². The Morgan fingerprint density at radius 2 is 2.33 bits per heavy atom. The lowest BCUT2D eigenvalue weighted by Gasteiger charge is -2.10. The van der Waals surface area contributed by atoms with Crippen molar-refractivity contribution in [3.05, 3.63) is 29.6 Å². The lowest BCUT2D eigenvalue weighted by molar-refractivity contribution is -0.117. The summed E-state index contributed by atoms with van der Waals surface area (Å²) < 4.78 is 18.3. The van der Waals surface area contributed by atoms with E-state index in [0.717, 1.165) is 6.07 Å². The quantitative estimate of drug-likeness (QED) is 0.315. The van der Waals surface area contributed by atoms with Crippen molar-refractivity contribution in [3.63, 3.8) is 0 Å². The second kappa shape index (κ2) is 6.55. The van der Waals surface area contributed by atoms with Crippen molar-refractivity contribution in [2.45, 2.75) is 6.42 Å². The van der Waals surface area contributed by atoms with Crippen LogP contribution in [0.2, 0.25) is 0 Å². The molecule has 0 bridgehead atoms. The van der Waals surface area contributed by atoms with Gasteiger partial charge in [0.2, 0.25) is 5.91 Å². The van der Waals surface area contributed by atoms with E-state index in [9.17, 15) is 9.18 Å². The van der Waals surface area contributed by atoms with Gasteiger partial charge < -0.3 is 21.0 Å². The molecular formula is C11H14FN3O3. The largest absolute Gasteiger partial charge is 0.409 e. The number of hydrogen-bond acceptors (Lipinski definition) is 4. The molecule has 18 heavy (non-hydrogen) atoms. The van der Waals surface area contributed by atoms with Crippen molar-refractivity contribution >= 4 is 17.4 Å². The number of amides is 1. The van der Waals surface area contributed by atoms with Gasteiger partial charge in [0.1, 0.15) is 5.82 Å². The third-order valence-electron chi connectivity index (χ3n) is 2.18. The highest BCUT2D eigenvalue weighted by molar-refractivity contribution is 6.05. The Morgan fingerprint density at radius 3 is 2.94 bits per heavy atom. The highest BCUT2D eigenvalue weighted by atomic mass is 19.1. The number of hydrogen-bond donors (Lipinski definition) is 3. The van der Waals surface area contributed by atoms with Gasteiger partial charge in [-0.05, 0) is 12.1 Å². The number of rotatable bonds is 5. The van der Waals surface area contributed by atoms with Crippen LogP contribution in [-0.4, -0.2) is 30.7 Å². The first-order valence-corrected chi connectivity index (χ1v) is 5.15. The Kier molecular flexibility index (Phi) is 5.06. The number of nitrogens with zero attached hydrogens (tertiary/aromatic N) is 1. The number of oxime groups is 1. The molecule has 1 aromatic carbocycles. The van der Waals surface area contributed by atoms with Gasteiger partial charge in [0.05, 0.1) is 24.3 Å². The van der Waals surface area contributed by atoms with Crippen LogP contribution in [0.25, 0.3) is 0 Å². The summed E-state index contributed by atoms with van der Waals surface area (Å²) >= 11 is 0. The van der Waals surface area contributed by atoms with Crippen molar-refractivity contribution in [1.29, 1.82) is 0 Å². The number of benzene rings is 1. The van der Waals surface area contributed by atoms with Crippen LogP contribution in [0.5, 0.6) is 0 Å². The molecule has 1 aromatic rings. The minimum atomic E-state index is -0.685. The monoisotopic (exact) mass is 255 g/mol. The average Bonchev–Trinajstić information content (AvgIpc) is 2.35. The van der Waals surface area contributed by atoms with Crippen LogP contribution in [0.1, 0.15) is 12.0 Å². The first-order chi connectivity index (χ1) is 8.60. The molecule has 0 aromatic heterocycles. The van der Waals surface area contributed by atoms with E-state index in [0.29, 0.717) is 0 Å². The van der Waals surface area contributed by atoms with Gasteiger partial charge in [-0.1, -0.05) is 11.2 Å². The Morgan fingerprint density at radius 1 is 1.61 bits per heavy atom. The molecule has 0 unspecified atom stereocenters. The van der Waals surface area contributed by atoms with Gasteiger partial charge in [0.15, 0.2) is 5.84 Å². The zero-order valence-electron chi connectivity index (χ0n) is 9.81. The third-order valence-corrected chi connectivity index (χ3v) is 2.18. The molecule has 6 nitrogen and oxygen atoms in total. The average molecular weight is 255 g/mol. The van der Waals surface area contributed by atoms with Gasteiger partial charge in [0, 0.05) is 7.11 Å². The number of nitrogens with two attached hydrogens (primary N) is 1. The molecule has 7 heteroatoms. The summed E-state index contributed by atoms with van der Waals surface area (Å²) in [6.45, 7) is 0.250. The maximum absolute atomic E-state index is 13.5. The van der Waals surface area contributed by atoms with Gasteiger partial charge in [-0.25, -0.2) is 4.39 Å². The summed E-state index contributed by atoms with van der Waals surface area (Å²) in [7, 11) is 1.47. The van der Waals surface area contributed by atoms with Crippen LogP contribution >= 0.6 is 0 Å². The molecule has 0 aliphatic heterocycles. The topological polar surface area (TPSA) is 96.9 Å². The third kappa shape index (κ3) is 3.42. The molecule has 0 aliphatic carbocycles. The predicted octanol–water partition coefficient (Wildman–Crippen LogP) is 0.895. The second-order valence-electron chi connectivity index (χ2n) is 3.44. The van der Waals surface area contributed by atoms with Crippen molar-refractivity contribution in [3.8, 4) is 0 Å².